The summed E-state index contributed by atoms with van der Waals surface area (Å²) in [5.74, 6) is 0.871. The molecule has 0 spiro atoms. The smallest absolute Gasteiger partial charge is 0.220 e. The van der Waals surface area contributed by atoms with Crippen molar-refractivity contribution >= 4 is 50.3 Å². The Bertz CT molecular complexity index is 2270. The number of benzene rings is 6. The van der Waals surface area contributed by atoms with Crippen LogP contribution in [0.25, 0.3) is 60.9 Å². The molecule has 9 rings (SSSR count). The van der Waals surface area contributed by atoms with Crippen LogP contribution in [0.1, 0.15) is 0 Å². The Balaban J connectivity index is 1.26. The highest BCUT2D eigenvalue weighted by Gasteiger charge is 2.28. The van der Waals surface area contributed by atoms with E-state index in [1.807, 2.05) is 18.2 Å². The second kappa shape index (κ2) is 8.44. The van der Waals surface area contributed by atoms with Crippen molar-refractivity contribution in [2.24, 2.45) is 0 Å². The molecule has 6 aromatic carbocycles. The minimum Gasteiger partial charge on any atom is -0.455 e. The van der Waals surface area contributed by atoms with Crippen molar-refractivity contribution in [2.45, 2.75) is 0 Å². The predicted octanol–water partition coefficient (Wildman–Crippen LogP) is 10.0. The van der Waals surface area contributed by atoms with Crippen LogP contribution < -0.4 is 4.90 Å². The number of rotatable bonds is 2. The molecule has 0 aliphatic carbocycles. The van der Waals surface area contributed by atoms with Gasteiger partial charge in [-0.3, -0.25) is 9.47 Å². The van der Waals surface area contributed by atoms with Crippen molar-refractivity contribution in [2.75, 3.05) is 4.90 Å². The fourth-order valence-corrected chi connectivity index (χ4v) is 6.32. The molecule has 1 aliphatic heterocycles. The highest BCUT2D eigenvalue weighted by atomic mass is 16.3. The van der Waals surface area contributed by atoms with Crippen LogP contribution in [0.4, 0.5) is 17.3 Å². The van der Waals surface area contributed by atoms with Gasteiger partial charge in [-0.15, -0.1) is 0 Å². The van der Waals surface area contributed by atoms with Gasteiger partial charge in [0, 0.05) is 33.2 Å². The zero-order valence-corrected chi connectivity index (χ0v) is 22.0. The third-order valence-electron chi connectivity index (χ3n) is 8.16. The van der Waals surface area contributed by atoms with E-state index in [4.69, 9.17) is 9.40 Å². The molecule has 3 heterocycles. The average molecular weight is 526 g/mol. The number of hydrogen-bond donors (Lipinski definition) is 0. The number of aromatic nitrogens is 2. The Morgan fingerprint density at radius 1 is 0.512 bits per heavy atom. The maximum absolute atomic E-state index is 6.34. The van der Waals surface area contributed by atoms with Crippen LogP contribution in [-0.4, -0.2) is 9.55 Å². The van der Waals surface area contributed by atoms with Gasteiger partial charge in [0.05, 0.1) is 22.4 Å². The van der Waals surface area contributed by atoms with Crippen LogP contribution in [0.5, 0.6) is 0 Å². The lowest BCUT2D eigenvalue weighted by atomic mass is 10.0. The average Bonchev–Trinajstić information content (AvgIpc) is 3.57. The molecule has 0 radical (unpaired) electrons. The summed E-state index contributed by atoms with van der Waals surface area (Å²) in [6, 6.07) is 48.9. The predicted molar refractivity (Wildman–Crippen MR) is 167 cm³/mol. The van der Waals surface area contributed by atoms with Crippen LogP contribution in [-0.2, 0) is 0 Å². The molecule has 2 aromatic heterocycles. The fraction of sp³-hybridized carbons (Fsp3) is 0. The van der Waals surface area contributed by atoms with Gasteiger partial charge in [0.15, 0.2) is 0 Å². The van der Waals surface area contributed by atoms with Gasteiger partial charge in [-0.05, 0) is 48.0 Å². The SMILES string of the molecule is c1ccc2c(c1)-c1ccccc1-n1c(nc3ccccc31)N2c1ccc(-c2cccc3c2oc2ccccc23)cc1. The van der Waals surface area contributed by atoms with Gasteiger partial charge in [-0.25, -0.2) is 4.98 Å². The Labute approximate surface area is 236 Å². The largest absolute Gasteiger partial charge is 0.455 e. The molecule has 4 nitrogen and oxygen atoms in total. The van der Waals surface area contributed by atoms with Gasteiger partial charge < -0.3 is 4.42 Å². The summed E-state index contributed by atoms with van der Waals surface area (Å²) >= 11 is 0. The number of hydrogen-bond acceptors (Lipinski definition) is 3. The Hall–Kier alpha value is -5.61. The topological polar surface area (TPSA) is 34.2 Å². The summed E-state index contributed by atoms with van der Waals surface area (Å²) in [5, 5.41) is 2.27. The van der Waals surface area contributed by atoms with Crippen LogP contribution in [0.15, 0.2) is 144 Å². The van der Waals surface area contributed by atoms with Gasteiger partial charge in [0.2, 0.25) is 5.95 Å². The molecule has 0 fully saturated rings. The maximum Gasteiger partial charge on any atom is 0.220 e. The molecular formula is C37H23N3O. The van der Waals surface area contributed by atoms with Crippen LogP contribution in [0.3, 0.4) is 0 Å². The number of fused-ring (bicyclic) bond motifs is 10. The fourth-order valence-electron chi connectivity index (χ4n) is 6.32. The lowest BCUT2D eigenvalue weighted by Crippen LogP contribution is -2.14. The molecule has 0 amide bonds. The number of imidazole rings is 1. The summed E-state index contributed by atoms with van der Waals surface area (Å²) in [5.41, 5.74) is 11.7. The van der Waals surface area contributed by atoms with Crippen LogP contribution in [0, 0.1) is 0 Å². The van der Waals surface area contributed by atoms with E-state index in [9.17, 15) is 0 Å². The van der Waals surface area contributed by atoms with E-state index in [0.29, 0.717) is 0 Å². The van der Waals surface area contributed by atoms with E-state index >= 15 is 0 Å². The maximum atomic E-state index is 6.34. The molecule has 192 valence electrons. The normalized spacial score (nSPS) is 12.3. The van der Waals surface area contributed by atoms with E-state index in [2.05, 4.69) is 131 Å². The monoisotopic (exact) mass is 525 g/mol. The third kappa shape index (κ3) is 3.19. The van der Waals surface area contributed by atoms with Crippen molar-refractivity contribution < 1.29 is 4.42 Å². The second-order valence-electron chi connectivity index (χ2n) is 10.4. The molecule has 0 unspecified atom stereocenters. The van der Waals surface area contributed by atoms with E-state index in [1.165, 1.54) is 11.1 Å². The summed E-state index contributed by atoms with van der Waals surface area (Å²) in [6.45, 7) is 0. The number of anilines is 3. The number of nitrogens with zero attached hydrogens (tertiary/aromatic N) is 3. The minimum absolute atomic E-state index is 0.871. The van der Waals surface area contributed by atoms with E-state index < -0.39 is 0 Å². The van der Waals surface area contributed by atoms with Gasteiger partial charge in [-0.2, -0.15) is 0 Å². The molecule has 0 atom stereocenters. The van der Waals surface area contributed by atoms with Crippen molar-refractivity contribution in [3.8, 4) is 27.9 Å². The summed E-state index contributed by atoms with van der Waals surface area (Å²) in [4.78, 5) is 7.47. The van der Waals surface area contributed by atoms with Crippen molar-refractivity contribution in [3.63, 3.8) is 0 Å². The molecule has 41 heavy (non-hydrogen) atoms. The Morgan fingerprint density at radius 3 is 2.05 bits per heavy atom. The molecule has 8 aromatic rings. The minimum atomic E-state index is 0.871. The molecule has 1 aliphatic rings. The van der Waals surface area contributed by atoms with Gasteiger partial charge in [0.25, 0.3) is 0 Å². The number of para-hydroxylation sites is 6. The van der Waals surface area contributed by atoms with Crippen molar-refractivity contribution in [1.82, 2.24) is 9.55 Å². The Morgan fingerprint density at radius 2 is 1.17 bits per heavy atom. The van der Waals surface area contributed by atoms with E-state index in [1.54, 1.807) is 0 Å². The van der Waals surface area contributed by atoms with E-state index in [0.717, 1.165) is 67.1 Å². The first-order valence-corrected chi connectivity index (χ1v) is 13.8. The number of furan rings is 1. The van der Waals surface area contributed by atoms with Crippen LogP contribution in [0.2, 0.25) is 0 Å². The highest BCUT2D eigenvalue weighted by molar-refractivity contribution is 6.09. The summed E-state index contributed by atoms with van der Waals surface area (Å²) in [6.07, 6.45) is 0. The molecule has 0 bridgehead atoms. The lowest BCUT2D eigenvalue weighted by Gasteiger charge is -2.24. The molecular weight excluding hydrogens is 502 g/mol. The van der Waals surface area contributed by atoms with Crippen LogP contribution >= 0.6 is 0 Å². The molecule has 0 saturated carbocycles. The standard InChI is InChI=1S/C37H23N3O/c1-5-16-32-27(10-1)28-11-2-6-17-33(28)40-34-18-7-4-15-31(34)38-37(40)39(32)25-22-20-24(21-23-25)26-13-9-14-30-29-12-3-8-19-35(29)41-36(26)30/h1-23H. The van der Waals surface area contributed by atoms with Crippen molar-refractivity contribution in [1.29, 1.82) is 0 Å². The molecule has 0 saturated heterocycles. The zero-order valence-electron chi connectivity index (χ0n) is 22.0. The van der Waals surface area contributed by atoms with Crippen molar-refractivity contribution in [3.05, 3.63) is 140 Å². The summed E-state index contributed by atoms with van der Waals surface area (Å²) in [7, 11) is 0. The molecule has 4 heteroatoms. The Kier molecular flexibility index (Phi) is 4.58. The van der Waals surface area contributed by atoms with Gasteiger partial charge >= 0.3 is 0 Å². The van der Waals surface area contributed by atoms with Gasteiger partial charge in [-0.1, -0.05) is 97.1 Å². The molecule has 0 N–H and O–H groups in total. The first-order chi connectivity index (χ1) is 20.3. The summed E-state index contributed by atoms with van der Waals surface area (Å²) < 4.78 is 8.63. The third-order valence-corrected chi connectivity index (χ3v) is 8.16. The first kappa shape index (κ1) is 22.2. The second-order valence-corrected chi connectivity index (χ2v) is 10.4. The lowest BCUT2D eigenvalue weighted by molar-refractivity contribution is 0.670. The first-order valence-electron chi connectivity index (χ1n) is 13.8. The van der Waals surface area contributed by atoms with E-state index in [-0.39, 0.29) is 0 Å². The quantitative estimate of drug-likeness (QED) is 0.225. The van der Waals surface area contributed by atoms with Gasteiger partial charge in [0.1, 0.15) is 11.2 Å². The highest BCUT2D eigenvalue weighted by Crippen LogP contribution is 2.47. The zero-order chi connectivity index (χ0) is 26.9.